The Morgan fingerprint density at radius 1 is 0.909 bits per heavy atom. The lowest BCUT2D eigenvalue weighted by molar-refractivity contribution is 0.0698. The van der Waals surface area contributed by atoms with Gasteiger partial charge in [0.2, 0.25) is 10.0 Å². The molecule has 2 aromatic carbocycles. The van der Waals surface area contributed by atoms with E-state index >= 15 is 0 Å². The molecule has 8 nitrogen and oxygen atoms in total. The van der Waals surface area contributed by atoms with Crippen molar-refractivity contribution in [3.8, 4) is 0 Å². The van der Waals surface area contributed by atoms with Gasteiger partial charge in [0.25, 0.3) is 11.8 Å². The first-order valence-corrected chi connectivity index (χ1v) is 11.9. The lowest BCUT2D eigenvalue weighted by atomic mass is 10.1. The lowest BCUT2D eigenvalue weighted by Crippen LogP contribution is -2.50. The summed E-state index contributed by atoms with van der Waals surface area (Å²) in [5.41, 5.74) is 1.68. The number of furan rings is 1. The highest BCUT2D eigenvalue weighted by molar-refractivity contribution is 7.92. The van der Waals surface area contributed by atoms with Gasteiger partial charge in [-0.15, -0.1) is 0 Å². The van der Waals surface area contributed by atoms with Gasteiger partial charge in [0.05, 0.1) is 6.26 Å². The van der Waals surface area contributed by atoms with Crippen LogP contribution >= 0.6 is 0 Å². The summed E-state index contributed by atoms with van der Waals surface area (Å²) < 4.78 is 31.7. The summed E-state index contributed by atoms with van der Waals surface area (Å²) in [7, 11) is -3.58. The van der Waals surface area contributed by atoms with Crippen molar-refractivity contribution in [2.45, 2.75) is 0 Å². The van der Waals surface area contributed by atoms with E-state index in [0.717, 1.165) is 5.56 Å². The van der Waals surface area contributed by atoms with Gasteiger partial charge in [-0.3, -0.25) is 9.59 Å². The van der Waals surface area contributed by atoms with Crippen molar-refractivity contribution in [3.63, 3.8) is 0 Å². The minimum Gasteiger partial charge on any atom is -0.459 e. The summed E-state index contributed by atoms with van der Waals surface area (Å²) in [4.78, 5) is 26.7. The first-order valence-electron chi connectivity index (χ1n) is 10.4. The average Bonchev–Trinajstić information content (AvgIpc) is 3.39. The van der Waals surface area contributed by atoms with Crippen LogP contribution in [0.4, 0.5) is 5.69 Å². The maximum Gasteiger partial charge on any atom is 0.291 e. The summed E-state index contributed by atoms with van der Waals surface area (Å²) in [6, 6.07) is 19.0. The number of hydrogen-bond acceptors (Lipinski definition) is 5. The van der Waals surface area contributed by atoms with Crippen LogP contribution in [-0.2, 0) is 10.0 Å². The Labute approximate surface area is 192 Å². The molecule has 33 heavy (non-hydrogen) atoms. The molecule has 1 N–H and O–H groups in total. The van der Waals surface area contributed by atoms with Gasteiger partial charge in [-0.05, 0) is 42.0 Å². The second kappa shape index (κ2) is 9.85. The molecule has 9 heteroatoms. The van der Waals surface area contributed by atoms with Crippen molar-refractivity contribution in [3.05, 3.63) is 95.3 Å². The predicted molar refractivity (Wildman–Crippen MR) is 125 cm³/mol. The number of nitrogens with one attached hydrogen (secondary N) is 1. The van der Waals surface area contributed by atoms with Gasteiger partial charge >= 0.3 is 0 Å². The lowest BCUT2D eigenvalue weighted by Gasteiger charge is -2.33. The average molecular weight is 466 g/mol. The van der Waals surface area contributed by atoms with Crippen LogP contribution in [0, 0.1) is 0 Å². The van der Waals surface area contributed by atoms with Crippen LogP contribution in [0.15, 0.2) is 82.8 Å². The Kier molecular flexibility index (Phi) is 6.71. The number of piperazine rings is 1. The van der Waals surface area contributed by atoms with Crippen LogP contribution in [0.25, 0.3) is 6.08 Å². The third kappa shape index (κ3) is 5.57. The number of amides is 2. The largest absolute Gasteiger partial charge is 0.459 e. The zero-order chi connectivity index (χ0) is 23.3. The molecule has 1 fully saturated rings. The molecule has 0 saturated carbocycles. The summed E-state index contributed by atoms with van der Waals surface area (Å²) in [5, 5.41) is 3.90. The molecule has 2 amide bonds. The molecule has 0 aliphatic carbocycles. The highest BCUT2D eigenvalue weighted by Gasteiger charge is 2.28. The number of benzene rings is 2. The van der Waals surface area contributed by atoms with E-state index < -0.39 is 15.9 Å². The molecule has 0 bridgehead atoms. The monoisotopic (exact) mass is 465 g/mol. The molecule has 2 heterocycles. The number of nitrogens with zero attached hydrogens (tertiary/aromatic N) is 2. The van der Waals surface area contributed by atoms with E-state index in [2.05, 4.69) is 5.32 Å². The van der Waals surface area contributed by atoms with Crippen LogP contribution in [0.2, 0.25) is 0 Å². The maximum atomic E-state index is 12.9. The van der Waals surface area contributed by atoms with Crippen molar-refractivity contribution in [1.29, 1.82) is 0 Å². The zero-order valence-corrected chi connectivity index (χ0v) is 18.6. The van der Waals surface area contributed by atoms with Gasteiger partial charge < -0.3 is 14.6 Å². The van der Waals surface area contributed by atoms with Crippen LogP contribution in [0.3, 0.4) is 0 Å². The van der Waals surface area contributed by atoms with Crippen molar-refractivity contribution in [2.75, 3.05) is 31.5 Å². The predicted octanol–water partition coefficient (Wildman–Crippen LogP) is 3.29. The molecule has 1 saturated heterocycles. The molecule has 4 rings (SSSR count). The third-order valence-electron chi connectivity index (χ3n) is 5.23. The Hall–Kier alpha value is -3.69. The van der Waals surface area contributed by atoms with Crippen LogP contribution in [0.5, 0.6) is 0 Å². The number of carbonyl (C=O) groups is 2. The minimum absolute atomic E-state index is 0.172. The van der Waals surface area contributed by atoms with Crippen molar-refractivity contribution in [2.24, 2.45) is 0 Å². The van der Waals surface area contributed by atoms with Crippen molar-refractivity contribution < 1.29 is 22.4 Å². The summed E-state index contributed by atoms with van der Waals surface area (Å²) in [6.07, 6.45) is 2.97. The Balaban J connectivity index is 1.36. The molecule has 0 radical (unpaired) electrons. The van der Waals surface area contributed by atoms with Crippen molar-refractivity contribution in [1.82, 2.24) is 9.21 Å². The molecule has 1 aliphatic heterocycles. The van der Waals surface area contributed by atoms with Gasteiger partial charge in [0.15, 0.2) is 5.76 Å². The second-order valence-corrected chi connectivity index (χ2v) is 9.28. The summed E-state index contributed by atoms with van der Waals surface area (Å²) >= 11 is 0. The fourth-order valence-corrected chi connectivity index (χ4v) is 4.65. The quantitative estimate of drug-likeness (QED) is 0.602. The van der Waals surface area contributed by atoms with Crippen LogP contribution < -0.4 is 5.32 Å². The first kappa shape index (κ1) is 22.5. The van der Waals surface area contributed by atoms with Gasteiger partial charge in [0.1, 0.15) is 0 Å². The standard InChI is InChI=1S/C24H23N3O5S/c28-23(22-10-5-16-32-22)25-21-9-4-8-20(18-21)24(29)26-12-14-27(15-13-26)33(30,31)17-11-19-6-2-1-3-7-19/h1-11,16-18H,12-15H2,(H,25,28)/b17-11+. The van der Waals surface area contributed by atoms with Gasteiger partial charge in [-0.25, -0.2) is 8.42 Å². The van der Waals surface area contributed by atoms with E-state index in [9.17, 15) is 18.0 Å². The first-order chi connectivity index (χ1) is 15.9. The van der Waals surface area contributed by atoms with E-state index in [1.807, 2.05) is 30.3 Å². The Bertz CT molecular complexity index is 1250. The normalized spacial score (nSPS) is 15.0. The van der Waals surface area contributed by atoms with E-state index in [0.29, 0.717) is 11.3 Å². The highest BCUT2D eigenvalue weighted by Crippen LogP contribution is 2.17. The molecule has 3 aromatic rings. The molecule has 0 unspecified atom stereocenters. The fraction of sp³-hybridized carbons (Fsp3) is 0.167. The van der Waals surface area contributed by atoms with Crippen molar-refractivity contribution >= 4 is 33.6 Å². The maximum absolute atomic E-state index is 12.9. The van der Waals surface area contributed by atoms with E-state index in [4.69, 9.17) is 4.42 Å². The molecular weight excluding hydrogens is 442 g/mol. The topological polar surface area (TPSA) is 99.9 Å². The van der Waals surface area contributed by atoms with E-state index in [1.165, 1.54) is 16.0 Å². The third-order valence-corrected chi connectivity index (χ3v) is 6.80. The number of carbonyl (C=O) groups excluding carboxylic acids is 2. The Morgan fingerprint density at radius 2 is 1.67 bits per heavy atom. The number of anilines is 1. The van der Waals surface area contributed by atoms with E-state index in [-0.39, 0.29) is 37.8 Å². The fourth-order valence-electron chi connectivity index (χ4n) is 3.47. The zero-order valence-electron chi connectivity index (χ0n) is 17.8. The summed E-state index contributed by atoms with van der Waals surface area (Å²) in [5.74, 6) is -0.460. The smallest absolute Gasteiger partial charge is 0.291 e. The number of rotatable bonds is 6. The second-order valence-electron chi connectivity index (χ2n) is 7.46. The molecule has 170 valence electrons. The summed E-state index contributed by atoms with van der Waals surface area (Å²) in [6.45, 7) is 0.977. The van der Waals surface area contributed by atoms with Gasteiger partial charge in [-0.2, -0.15) is 4.31 Å². The van der Waals surface area contributed by atoms with Gasteiger partial charge in [0, 0.05) is 42.8 Å². The van der Waals surface area contributed by atoms with Crippen LogP contribution in [0.1, 0.15) is 26.5 Å². The van der Waals surface area contributed by atoms with E-state index in [1.54, 1.807) is 47.4 Å². The molecular formula is C24H23N3O5S. The molecule has 0 atom stereocenters. The number of hydrogen-bond donors (Lipinski definition) is 1. The SMILES string of the molecule is O=C(Nc1cccc(C(=O)N2CCN(S(=O)(=O)/C=C/c3ccccc3)CC2)c1)c1ccco1. The molecule has 0 spiro atoms. The highest BCUT2D eigenvalue weighted by atomic mass is 32.2. The Morgan fingerprint density at radius 3 is 2.36 bits per heavy atom. The minimum atomic E-state index is -3.58. The van der Waals surface area contributed by atoms with Gasteiger partial charge in [-0.1, -0.05) is 36.4 Å². The van der Waals surface area contributed by atoms with Crippen LogP contribution in [-0.4, -0.2) is 55.6 Å². The number of sulfonamides is 1. The molecule has 1 aromatic heterocycles. The molecule has 1 aliphatic rings.